The molecule has 0 fully saturated rings. The summed E-state index contributed by atoms with van der Waals surface area (Å²) in [4.78, 5) is 22.9. The van der Waals surface area contributed by atoms with Crippen molar-refractivity contribution < 1.29 is 14.7 Å². The number of urea groups is 1. The monoisotopic (exact) mass is 258 g/mol. The number of hydrogen-bond donors (Lipinski definition) is 3. The number of nitrogens with one attached hydrogen (secondary N) is 2. The van der Waals surface area contributed by atoms with Crippen LogP contribution in [0.1, 0.15) is 53.9 Å². The third-order valence-corrected chi connectivity index (χ3v) is 2.85. The standard InChI is InChI=1S/C13H26N2O3/c1-6-8-9(7-2)14-12(18)15-10(11(16)17)13(3,4)5/h9-10H,6-8H2,1-5H3,(H,16,17)(H2,14,15,18)/t9?,10-/m1/s1. The fourth-order valence-corrected chi connectivity index (χ4v) is 1.73. The quantitative estimate of drug-likeness (QED) is 0.684. The van der Waals surface area contributed by atoms with Crippen molar-refractivity contribution in [3.63, 3.8) is 0 Å². The van der Waals surface area contributed by atoms with Gasteiger partial charge in [-0.05, 0) is 18.3 Å². The molecule has 2 atom stereocenters. The number of carboxylic acids is 1. The third kappa shape index (κ3) is 5.89. The largest absolute Gasteiger partial charge is 0.480 e. The second kappa shape index (κ2) is 7.24. The van der Waals surface area contributed by atoms with Gasteiger partial charge >= 0.3 is 12.0 Å². The Morgan fingerprint density at radius 1 is 1.17 bits per heavy atom. The average molecular weight is 258 g/mol. The molecule has 5 nitrogen and oxygen atoms in total. The number of aliphatic carboxylic acids is 1. The summed E-state index contributed by atoms with van der Waals surface area (Å²) in [5.74, 6) is -1.01. The molecule has 0 aromatic heterocycles. The lowest BCUT2D eigenvalue weighted by Gasteiger charge is -2.28. The van der Waals surface area contributed by atoms with Crippen molar-refractivity contribution in [2.75, 3.05) is 0 Å². The molecule has 0 saturated heterocycles. The van der Waals surface area contributed by atoms with Gasteiger partial charge in [0.2, 0.25) is 0 Å². The minimum absolute atomic E-state index is 0.101. The second-order valence-electron chi connectivity index (χ2n) is 5.65. The average Bonchev–Trinajstić information content (AvgIpc) is 2.23. The summed E-state index contributed by atoms with van der Waals surface area (Å²) in [7, 11) is 0. The van der Waals surface area contributed by atoms with Crippen LogP contribution in [0.25, 0.3) is 0 Å². The van der Waals surface area contributed by atoms with E-state index < -0.39 is 23.5 Å². The molecule has 0 aromatic rings. The summed E-state index contributed by atoms with van der Waals surface area (Å²) < 4.78 is 0. The van der Waals surface area contributed by atoms with E-state index in [4.69, 9.17) is 5.11 Å². The summed E-state index contributed by atoms with van der Waals surface area (Å²) in [6, 6.07) is -1.20. The van der Waals surface area contributed by atoms with Crippen LogP contribution in [-0.4, -0.2) is 29.2 Å². The van der Waals surface area contributed by atoms with Crippen molar-refractivity contribution in [1.82, 2.24) is 10.6 Å². The summed E-state index contributed by atoms with van der Waals surface area (Å²) in [5.41, 5.74) is -0.518. The number of carbonyl (C=O) groups is 2. The fraction of sp³-hybridized carbons (Fsp3) is 0.846. The van der Waals surface area contributed by atoms with Gasteiger partial charge in [-0.3, -0.25) is 0 Å². The maximum absolute atomic E-state index is 11.8. The van der Waals surface area contributed by atoms with Gasteiger partial charge in [0.1, 0.15) is 6.04 Å². The van der Waals surface area contributed by atoms with Gasteiger partial charge in [-0.1, -0.05) is 41.0 Å². The van der Waals surface area contributed by atoms with Crippen molar-refractivity contribution in [3.8, 4) is 0 Å². The van der Waals surface area contributed by atoms with Crippen LogP contribution < -0.4 is 10.6 Å². The van der Waals surface area contributed by atoms with E-state index in [0.717, 1.165) is 19.3 Å². The minimum Gasteiger partial charge on any atom is -0.480 e. The van der Waals surface area contributed by atoms with E-state index in [9.17, 15) is 9.59 Å². The molecule has 18 heavy (non-hydrogen) atoms. The Labute approximate surface area is 109 Å². The van der Waals surface area contributed by atoms with Crippen LogP contribution in [0.3, 0.4) is 0 Å². The van der Waals surface area contributed by atoms with Gasteiger partial charge in [0.15, 0.2) is 0 Å². The van der Waals surface area contributed by atoms with Crippen molar-refractivity contribution in [2.45, 2.75) is 66.0 Å². The molecule has 3 N–H and O–H groups in total. The molecular formula is C13H26N2O3. The van der Waals surface area contributed by atoms with Crippen LogP contribution in [0, 0.1) is 5.41 Å². The van der Waals surface area contributed by atoms with Gasteiger partial charge in [0, 0.05) is 6.04 Å². The van der Waals surface area contributed by atoms with E-state index in [0.29, 0.717) is 0 Å². The van der Waals surface area contributed by atoms with Crippen molar-refractivity contribution >= 4 is 12.0 Å². The topological polar surface area (TPSA) is 78.4 Å². The zero-order valence-corrected chi connectivity index (χ0v) is 12.0. The number of hydrogen-bond acceptors (Lipinski definition) is 2. The third-order valence-electron chi connectivity index (χ3n) is 2.85. The summed E-state index contributed by atoms with van der Waals surface area (Å²) in [5, 5.41) is 14.5. The zero-order chi connectivity index (χ0) is 14.3. The van der Waals surface area contributed by atoms with E-state index >= 15 is 0 Å². The van der Waals surface area contributed by atoms with Crippen LogP contribution in [0.4, 0.5) is 4.79 Å². The van der Waals surface area contributed by atoms with Gasteiger partial charge in [0.05, 0.1) is 0 Å². The molecular weight excluding hydrogens is 232 g/mol. The minimum atomic E-state index is -1.01. The van der Waals surface area contributed by atoms with E-state index in [1.165, 1.54) is 0 Å². The lowest BCUT2D eigenvalue weighted by atomic mass is 9.87. The molecule has 106 valence electrons. The van der Waals surface area contributed by atoms with Crippen molar-refractivity contribution in [1.29, 1.82) is 0 Å². The van der Waals surface area contributed by atoms with E-state index in [2.05, 4.69) is 17.6 Å². The van der Waals surface area contributed by atoms with Gasteiger partial charge in [-0.15, -0.1) is 0 Å². The maximum Gasteiger partial charge on any atom is 0.326 e. The zero-order valence-electron chi connectivity index (χ0n) is 12.0. The molecule has 0 aliphatic carbocycles. The highest BCUT2D eigenvalue weighted by molar-refractivity contribution is 5.83. The van der Waals surface area contributed by atoms with Crippen molar-refractivity contribution in [3.05, 3.63) is 0 Å². The lowest BCUT2D eigenvalue weighted by molar-refractivity contribution is -0.141. The molecule has 0 aliphatic rings. The first-order valence-corrected chi connectivity index (χ1v) is 6.52. The highest BCUT2D eigenvalue weighted by Crippen LogP contribution is 2.19. The molecule has 1 unspecified atom stereocenters. The van der Waals surface area contributed by atoms with Gasteiger partial charge in [-0.25, -0.2) is 9.59 Å². The summed E-state index contributed by atoms with van der Waals surface area (Å²) >= 11 is 0. The Hall–Kier alpha value is -1.26. The van der Waals surface area contributed by atoms with Crippen LogP contribution in [0.5, 0.6) is 0 Å². The highest BCUT2D eigenvalue weighted by atomic mass is 16.4. The van der Waals surface area contributed by atoms with E-state index in [-0.39, 0.29) is 6.04 Å². The molecule has 0 aliphatic heterocycles. The molecule has 0 bridgehead atoms. The van der Waals surface area contributed by atoms with Gasteiger partial charge < -0.3 is 15.7 Å². The predicted octanol–water partition coefficient (Wildman–Crippen LogP) is 2.36. The normalized spacial score (nSPS) is 14.7. The molecule has 0 heterocycles. The first-order valence-electron chi connectivity index (χ1n) is 6.52. The number of carbonyl (C=O) groups excluding carboxylic acids is 1. The Bertz CT molecular complexity index is 284. The number of carboxylic acid groups (broad SMARTS) is 1. The Morgan fingerprint density at radius 3 is 2.06 bits per heavy atom. The lowest BCUT2D eigenvalue weighted by Crippen LogP contribution is -2.53. The molecule has 0 spiro atoms. The number of amides is 2. The Kier molecular flexibility index (Phi) is 6.73. The fourth-order valence-electron chi connectivity index (χ4n) is 1.73. The van der Waals surface area contributed by atoms with Crippen molar-refractivity contribution in [2.24, 2.45) is 5.41 Å². The first-order chi connectivity index (χ1) is 8.22. The van der Waals surface area contributed by atoms with Crippen LogP contribution >= 0.6 is 0 Å². The molecule has 0 rings (SSSR count). The van der Waals surface area contributed by atoms with Crippen LogP contribution in [0.15, 0.2) is 0 Å². The molecule has 0 radical (unpaired) electrons. The first kappa shape index (κ1) is 16.7. The molecule has 5 heteroatoms. The smallest absolute Gasteiger partial charge is 0.326 e. The molecule has 0 saturated carbocycles. The van der Waals surface area contributed by atoms with E-state index in [1.807, 2.05) is 6.92 Å². The van der Waals surface area contributed by atoms with Gasteiger partial charge in [0.25, 0.3) is 0 Å². The van der Waals surface area contributed by atoms with E-state index in [1.54, 1.807) is 20.8 Å². The number of rotatable bonds is 6. The van der Waals surface area contributed by atoms with Gasteiger partial charge in [-0.2, -0.15) is 0 Å². The Balaban J connectivity index is 4.48. The predicted molar refractivity (Wildman–Crippen MR) is 71.5 cm³/mol. The molecule has 0 aromatic carbocycles. The summed E-state index contributed by atoms with van der Waals surface area (Å²) in [6.07, 6.45) is 2.73. The SMILES string of the molecule is CCCC(CC)NC(=O)N[C@H](C(=O)O)C(C)(C)C. The maximum atomic E-state index is 11.8. The second-order valence-corrected chi connectivity index (χ2v) is 5.65. The Morgan fingerprint density at radius 2 is 1.72 bits per heavy atom. The van der Waals surface area contributed by atoms with Crippen LogP contribution in [0.2, 0.25) is 0 Å². The summed E-state index contributed by atoms with van der Waals surface area (Å²) in [6.45, 7) is 9.41. The molecule has 2 amide bonds. The van der Waals surface area contributed by atoms with Crippen LogP contribution in [-0.2, 0) is 4.79 Å². The highest BCUT2D eigenvalue weighted by Gasteiger charge is 2.32.